The van der Waals surface area contributed by atoms with Crippen molar-refractivity contribution < 1.29 is 9.13 Å². The van der Waals surface area contributed by atoms with Crippen LogP contribution in [-0.4, -0.2) is 0 Å². The summed E-state index contributed by atoms with van der Waals surface area (Å²) in [5, 5.41) is 9.07. The smallest absolute Gasteiger partial charge is 0.145 e. The maximum atomic E-state index is 13.3. The highest BCUT2D eigenvalue weighted by Gasteiger charge is 2.07. The lowest BCUT2D eigenvalue weighted by molar-refractivity contribution is 0.475. The predicted octanol–water partition coefficient (Wildman–Crippen LogP) is 3.60. The number of ether oxygens (including phenoxy) is 1. The fraction of sp³-hybridized carbons (Fsp3) is 0.0714. The van der Waals surface area contributed by atoms with E-state index in [0.717, 1.165) is 5.56 Å². The first-order chi connectivity index (χ1) is 9.13. The van der Waals surface area contributed by atoms with Gasteiger partial charge in [-0.15, -0.1) is 0 Å². The molecule has 3 nitrogen and oxygen atoms in total. The lowest BCUT2D eigenvalue weighted by Crippen LogP contribution is -1.97. The SMILES string of the molecule is N#Cc1cc(CN)ccc1Oc1ccc(Cl)c(F)c1. The number of hydrogen-bond acceptors (Lipinski definition) is 3. The van der Waals surface area contributed by atoms with Gasteiger partial charge >= 0.3 is 0 Å². The number of nitriles is 1. The van der Waals surface area contributed by atoms with Crippen LogP contribution in [0, 0.1) is 17.1 Å². The molecule has 0 unspecified atom stereocenters. The van der Waals surface area contributed by atoms with Crippen molar-refractivity contribution in [2.75, 3.05) is 0 Å². The van der Waals surface area contributed by atoms with E-state index in [-0.39, 0.29) is 10.8 Å². The predicted molar refractivity (Wildman–Crippen MR) is 70.5 cm³/mol. The third-order valence-corrected chi connectivity index (χ3v) is 2.83. The zero-order valence-electron chi connectivity index (χ0n) is 9.86. The topological polar surface area (TPSA) is 59.0 Å². The van der Waals surface area contributed by atoms with Crippen molar-refractivity contribution in [2.24, 2.45) is 5.73 Å². The van der Waals surface area contributed by atoms with Crippen molar-refractivity contribution >= 4 is 11.6 Å². The van der Waals surface area contributed by atoms with Crippen molar-refractivity contribution in [3.05, 3.63) is 58.4 Å². The van der Waals surface area contributed by atoms with Crippen LogP contribution < -0.4 is 10.5 Å². The highest BCUT2D eigenvalue weighted by atomic mass is 35.5. The Hall–Kier alpha value is -2.09. The zero-order chi connectivity index (χ0) is 13.8. The lowest BCUT2D eigenvalue weighted by Gasteiger charge is -2.09. The molecule has 0 radical (unpaired) electrons. The lowest BCUT2D eigenvalue weighted by atomic mass is 10.1. The molecular formula is C14H10ClFN2O. The fourth-order valence-electron chi connectivity index (χ4n) is 1.55. The summed E-state index contributed by atoms with van der Waals surface area (Å²) >= 11 is 5.58. The molecule has 2 aromatic rings. The van der Waals surface area contributed by atoms with Gasteiger partial charge in [0.1, 0.15) is 23.4 Å². The van der Waals surface area contributed by atoms with Crippen molar-refractivity contribution in [1.29, 1.82) is 5.26 Å². The molecule has 0 amide bonds. The van der Waals surface area contributed by atoms with Crippen LogP contribution in [-0.2, 0) is 6.54 Å². The van der Waals surface area contributed by atoms with Crippen molar-refractivity contribution in [3.8, 4) is 17.6 Å². The average Bonchev–Trinajstić information content (AvgIpc) is 2.43. The number of nitrogens with two attached hydrogens (primary N) is 1. The Labute approximate surface area is 115 Å². The van der Waals surface area contributed by atoms with Gasteiger partial charge in [0.05, 0.1) is 10.6 Å². The first-order valence-corrected chi connectivity index (χ1v) is 5.88. The summed E-state index contributed by atoms with van der Waals surface area (Å²) in [7, 11) is 0. The third kappa shape index (κ3) is 3.02. The van der Waals surface area contributed by atoms with Gasteiger partial charge in [-0.2, -0.15) is 5.26 Å². The van der Waals surface area contributed by atoms with E-state index >= 15 is 0 Å². The molecule has 5 heteroatoms. The molecule has 0 saturated heterocycles. The number of hydrogen-bond donors (Lipinski definition) is 1. The molecule has 0 aromatic heterocycles. The van der Waals surface area contributed by atoms with Crippen LogP contribution in [0.2, 0.25) is 5.02 Å². The minimum atomic E-state index is -0.573. The minimum absolute atomic E-state index is 0.0198. The molecule has 0 heterocycles. The van der Waals surface area contributed by atoms with Gasteiger partial charge in [-0.25, -0.2) is 4.39 Å². The van der Waals surface area contributed by atoms with E-state index in [0.29, 0.717) is 17.9 Å². The Morgan fingerprint density at radius 2 is 2.05 bits per heavy atom. The van der Waals surface area contributed by atoms with Gasteiger partial charge in [0, 0.05) is 12.6 Å². The van der Waals surface area contributed by atoms with Crippen molar-refractivity contribution in [2.45, 2.75) is 6.54 Å². The minimum Gasteiger partial charge on any atom is -0.456 e. The van der Waals surface area contributed by atoms with Gasteiger partial charge in [0.15, 0.2) is 0 Å². The molecule has 2 N–H and O–H groups in total. The zero-order valence-corrected chi connectivity index (χ0v) is 10.6. The van der Waals surface area contributed by atoms with Crippen LogP contribution in [0.25, 0.3) is 0 Å². The molecule has 0 fully saturated rings. The second-order valence-electron chi connectivity index (χ2n) is 3.82. The quantitative estimate of drug-likeness (QED) is 0.932. The van der Waals surface area contributed by atoms with E-state index in [1.165, 1.54) is 18.2 Å². The van der Waals surface area contributed by atoms with E-state index in [4.69, 9.17) is 27.3 Å². The second-order valence-corrected chi connectivity index (χ2v) is 4.23. The second kappa shape index (κ2) is 5.70. The van der Waals surface area contributed by atoms with Crippen LogP contribution in [0.15, 0.2) is 36.4 Å². The van der Waals surface area contributed by atoms with E-state index in [2.05, 4.69) is 0 Å². The monoisotopic (exact) mass is 276 g/mol. The fourth-order valence-corrected chi connectivity index (χ4v) is 1.67. The standard InChI is InChI=1S/C14H10ClFN2O/c15-12-3-2-11(6-13(12)16)19-14-4-1-9(7-17)5-10(14)8-18/h1-6H,7,17H2. The van der Waals surface area contributed by atoms with Gasteiger partial charge in [-0.05, 0) is 29.8 Å². The number of nitrogens with zero attached hydrogens (tertiary/aromatic N) is 1. The highest BCUT2D eigenvalue weighted by Crippen LogP contribution is 2.28. The van der Waals surface area contributed by atoms with Gasteiger partial charge in [0.2, 0.25) is 0 Å². The molecule has 2 aromatic carbocycles. The summed E-state index contributed by atoms with van der Waals surface area (Å²) in [5.41, 5.74) is 6.67. The Kier molecular flexibility index (Phi) is 4.00. The molecular weight excluding hydrogens is 267 g/mol. The van der Waals surface area contributed by atoms with Crippen LogP contribution in [0.1, 0.15) is 11.1 Å². The Bertz CT molecular complexity index is 652. The summed E-state index contributed by atoms with van der Waals surface area (Å²) in [6.45, 7) is 0.338. The summed E-state index contributed by atoms with van der Waals surface area (Å²) in [4.78, 5) is 0. The molecule has 0 saturated carbocycles. The maximum Gasteiger partial charge on any atom is 0.145 e. The molecule has 0 spiro atoms. The molecule has 96 valence electrons. The summed E-state index contributed by atoms with van der Waals surface area (Å²) in [5.74, 6) is 0.0524. The third-order valence-electron chi connectivity index (χ3n) is 2.52. The Balaban J connectivity index is 2.33. The number of halogens is 2. The maximum absolute atomic E-state index is 13.3. The number of benzene rings is 2. The van der Waals surface area contributed by atoms with Crippen molar-refractivity contribution in [3.63, 3.8) is 0 Å². The van der Waals surface area contributed by atoms with Gasteiger partial charge < -0.3 is 10.5 Å². The average molecular weight is 277 g/mol. The molecule has 0 atom stereocenters. The summed E-state index contributed by atoms with van der Waals surface area (Å²) in [6.07, 6.45) is 0. The van der Waals surface area contributed by atoms with Crippen LogP contribution in [0.3, 0.4) is 0 Å². The van der Waals surface area contributed by atoms with Gasteiger partial charge in [-0.3, -0.25) is 0 Å². The van der Waals surface area contributed by atoms with E-state index < -0.39 is 5.82 Å². The number of rotatable bonds is 3. The molecule has 2 rings (SSSR count). The van der Waals surface area contributed by atoms with Gasteiger partial charge in [-0.1, -0.05) is 17.7 Å². The summed E-state index contributed by atoms with van der Waals surface area (Å²) < 4.78 is 18.8. The van der Waals surface area contributed by atoms with Gasteiger partial charge in [0.25, 0.3) is 0 Å². The van der Waals surface area contributed by atoms with Crippen LogP contribution >= 0.6 is 11.6 Å². The molecule has 0 aliphatic carbocycles. The highest BCUT2D eigenvalue weighted by molar-refractivity contribution is 6.30. The van der Waals surface area contributed by atoms with Crippen molar-refractivity contribution in [1.82, 2.24) is 0 Å². The largest absolute Gasteiger partial charge is 0.456 e. The molecule has 0 aliphatic rings. The van der Waals surface area contributed by atoms with Crippen LogP contribution in [0.5, 0.6) is 11.5 Å². The molecule has 0 aliphatic heterocycles. The Morgan fingerprint density at radius 1 is 1.26 bits per heavy atom. The molecule has 19 heavy (non-hydrogen) atoms. The first kappa shape index (κ1) is 13.3. The van der Waals surface area contributed by atoms with E-state index in [9.17, 15) is 4.39 Å². The normalized spacial score (nSPS) is 10.0. The summed E-state index contributed by atoms with van der Waals surface area (Å²) in [6, 6.07) is 11.1. The van der Waals surface area contributed by atoms with Crippen LogP contribution in [0.4, 0.5) is 4.39 Å². The van der Waals surface area contributed by atoms with E-state index in [1.54, 1.807) is 18.2 Å². The Morgan fingerprint density at radius 3 is 2.68 bits per heavy atom. The molecule has 0 bridgehead atoms. The first-order valence-electron chi connectivity index (χ1n) is 5.50. The van der Waals surface area contributed by atoms with E-state index in [1.807, 2.05) is 6.07 Å².